The number of aromatic nitrogens is 2. The number of hydrazone groups is 1. The number of benzene rings is 2. The topological polar surface area (TPSA) is 107 Å². The van der Waals surface area contributed by atoms with Crippen LogP contribution in [0, 0.1) is 24.0 Å². The molecule has 1 aliphatic rings. The zero-order valence-corrected chi connectivity index (χ0v) is 19.6. The van der Waals surface area contributed by atoms with Crippen molar-refractivity contribution in [1.82, 2.24) is 20.6 Å². The molecule has 0 amide bonds. The molecule has 4 rings (SSSR count). The number of halogens is 2. The SMILES string of the molecule is Cc1nnc(N2N=C(c3cc(F)ccc3F)SC2(CCNN(C)C(=N)N)c2ccccc2)s1. The number of thioether (sulfide) groups is 1. The predicted molar refractivity (Wildman–Crippen MR) is 128 cm³/mol. The first-order valence-corrected chi connectivity index (χ1v) is 11.6. The van der Waals surface area contributed by atoms with Crippen LogP contribution in [-0.4, -0.2) is 39.8 Å². The van der Waals surface area contributed by atoms with Crippen molar-refractivity contribution in [2.75, 3.05) is 18.6 Å². The first-order valence-electron chi connectivity index (χ1n) is 10.0. The minimum atomic E-state index is -0.827. The van der Waals surface area contributed by atoms with Gasteiger partial charge in [-0.1, -0.05) is 53.4 Å². The van der Waals surface area contributed by atoms with E-state index in [1.54, 1.807) is 12.1 Å². The highest BCUT2D eigenvalue weighted by Crippen LogP contribution is 2.52. The van der Waals surface area contributed by atoms with Crippen molar-refractivity contribution < 1.29 is 8.78 Å². The van der Waals surface area contributed by atoms with Crippen molar-refractivity contribution in [2.24, 2.45) is 10.8 Å². The lowest BCUT2D eigenvalue weighted by Gasteiger charge is -2.36. The zero-order chi connectivity index (χ0) is 23.6. The fourth-order valence-electron chi connectivity index (χ4n) is 3.39. The van der Waals surface area contributed by atoms with E-state index in [0.717, 1.165) is 28.8 Å². The molecule has 0 radical (unpaired) electrons. The second-order valence-corrected chi connectivity index (χ2v) is 9.73. The summed E-state index contributed by atoms with van der Waals surface area (Å²) in [5.74, 6) is -1.23. The van der Waals surface area contributed by atoms with E-state index in [0.29, 0.717) is 23.1 Å². The molecule has 1 aliphatic heterocycles. The van der Waals surface area contributed by atoms with Crippen molar-refractivity contribution in [3.05, 3.63) is 76.3 Å². The monoisotopic (exact) mass is 488 g/mol. The molecule has 33 heavy (non-hydrogen) atoms. The van der Waals surface area contributed by atoms with Crippen LogP contribution in [-0.2, 0) is 4.87 Å². The number of nitrogens with two attached hydrogens (primary N) is 1. The average Bonchev–Trinajstić information content (AvgIpc) is 3.40. The maximum Gasteiger partial charge on any atom is 0.230 e. The highest BCUT2D eigenvalue weighted by molar-refractivity contribution is 8.15. The molecule has 0 fully saturated rings. The van der Waals surface area contributed by atoms with Crippen LogP contribution in [0.25, 0.3) is 0 Å². The van der Waals surface area contributed by atoms with E-state index in [9.17, 15) is 8.78 Å². The lowest BCUT2D eigenvalue weighted by atomic mass is 10.0. The normalized spacial score (nSPS) is 17.8. The third-order valence-electron chi connectivity index (χ3n) is 5.05. The molecule has 12 heteroatoms. The third kappa shape index (κ3) is 4.68. The summed E-state index contributed by atoms with van der Waals surface area (Å²) in [4.78, 5) is -0.827. The number of rotatable bonds is 7. The van der Waals surface area contributed by atoms with E-state index in [1.807, 2.05) is 37.3 Å². The Morgan fingerprint density at radius 2 is 1.97 bits per heavy atom. The smallest absolute Gasteiger partial charge is 0.230 e. The van der Waals surface area contributed by atoms with Gasteiger partial charge in [0.1, 0.15) is 26.6 Å². The Hall–Kier alpha value is -3.09. The first kappa shape index (κ1) is 23.1. The maximum atomic E-state index is 14.7. The van der Waals surface area contributed by atoms with Gasteiger partial charge in [-0.15, -0.1) is 10.2 Å². The molecule has 3 aromatic rings. The number of guanidine groups is 1. The van der Waals surface area contributed by atoms with Crippen LogP contribution >= 0.6 is 23.1 Å². The molecule has 172 valence electrons. The zero-order valence-electron chi connectivity index (χ0n) is 17.9. The van der Waals surface area contributed by atoms with Gasteiger partial charge in [-0.2, -0.15) is 5.10 Å². The number of hydrogen-bond donors (Lipinski definition) is 3. The van der Waals surface area contributed by atoms with Crippen LogP contribution in [0.1, 0.15) is 22.6 Å². The molecule has 0 aliphatic carbocycles. The molecule has 1 unspecified atom stereocenters. The third-order valence-corrected chi connectivity index (χ3v) is 7.31. The van der Waals surface area contributed by atoms with E-state index in [2.05, 4.69) is 15.6 Å². The van der Waals surface area contributed by atoms with E-state index >= 15 is 0 Å². The van der Waals surface area contributed by atoms with Crippen LogP contribution in [0.5, 0.6) is 0 Å². The summed E-state index contributed by atoms with van der Waals surface area (Å²) in [6, 6.07) is 13.0. The lowest BCUT2D eigenvalue weighted by molar-refractivity contribution is 0.341. The summed E-state index contributed by atoms with van der Waals surface area (Å²) in [6.45, 7) is 2.26. The Balaban J connectivity index is 1.80. The van der Waals surface area contributed by atoms with Crippen molar-refractivity contribution in [1.29, 1.82) is 5.41 Å². The van der Waals surface area contributed by atoms with Gasteiger partial charge in [-0.3, -0.25) is 10.4 Å². The highest BCUT2D eigenvalue weighted by atomic mass is 32.2. The minimum absolute atomic E-state index is 0.0813. The molecule has 0 bridgehead atoms. The molecule has 4 N–H and O–H groups in total. The van der Waals surface area contributed by atoms with Gasteiger partial charge in [-0.05, 0) is 30.7 Å². The van der Waals surface area contributed by atoms with Crippen molar-refractivity contribution >= 4 is 39.2 Å². The molecule has 2 aromatic carbocycles. The molecule has 1 atom stereocenters. The summed E-state index contributed by atoms with van der Waals surface area (Å²) in [7, 11) is 1.65. The number of aryl methyl sites for hydroxylation is 1. The van der Waals surface area contributed by atoms with Gasteiger partial charge >= 0.3 is 0 Å². The van der Waals surface area contributed by atoms with E-state index in [1.165, 1.54) is 28.1 Å². The van der Waals surface area contributed by atoms with Gasteiger partial charge in [0.25, 0.3) is 0 Å². The summed E-state index contributed by atoms with van der Waals surface area (Å²) in [5.41, 5.74) is 9.61. The van der Waals surface area contributed by atoms with Crippen LogP contribution in [0.2, 0.25) is 0 Å². The first-order chi connectivity index (χ1) is 15.8. The largest absolute Gasteiger partial charge is 0.369 e. The number of nitrogens with zero attached hydrogens (tertiary/aromatic N) is 5. The summed E-state index contributed by atoms with van der Waals surface area (Å²) < 4.78 is 28.7. The molecule has 0 saturated carbocycles. The molecule has 8 nitrogen and oxygen atoms in total. The van der Waals surface area contributed by atoms with Gasteiger partial charge in [-0.25, -0.2) is 19.2 Å². The Bertz CT molecular complexity index is 1190. The average molecular weight is 489 g/mol. The predicted octanol–water partition coefficient (Wildman–Crippen LogP) is 3.61. The highest BCUT2D eigenvalue weighted by Gasteiger charge is 2.48. The van der Waals surface area contributed by atoms with Crippen LogP contribution in [0.4, 0.5) is 13.9 Å². The summed E-state index contributed by atoms with van der Waals surface area (Å²) >= 11 is 2.69. The Morgan fingerprint density at radius 3 is 2.64 bits per heavy atom. The van der Waals surface area contributed by atoms with Gasteiger partial charge in [0.05, 0.1) is 0 Å². The molecular formula is C21H22F2N8S2. The summed E-state index contributed by atoms with van der Waals surface area (Å²) in [5, 5.41) is 25.5. The van der Waals surface area contributed by atoms with Gasteiger partial charge in [0, 0.05) is 25.6 Å². The van der Waals surface area contributed by atoms with Crippen molar-refractivity contribution in [3.63, 3.8) is 0 Å². The lowest BCUT2D eigenvalue weighted by Crippen LogP contribution is -2.47. The second kappa shape index (κ2) is 9.41. The Kier molecular flexibility index (Phi) is 6.58. The number of hydrazine groups is 1. The van der Waals surface area contributed by atoms with Gasteiger partial charge in [0.15, 0.2) is 0 Å². The molecule has 0 spiro atoms. The molecular weight excluding hydrogens is 466 g/mol. The standard InChI is InChI=1S/C21H22F2N8S2/c1-13-27-28-20(32-13)31-21(14-6-4-3-5-7-14,10-11-26-30(2)19(24)25)33-18(29-31)16-12-15(22)8-9-17(16)23/h3-9,12,26H,10-11H2,1-2H3,(H3,24,25). The molecule has 1 aromatic heterocycles. The Morgan fingerprint density at radius 1 is 1.21 bits per heavy atom. The fraction of sp³-hybridized carbons (Fsp3) is 0.238. The van der Waals surface area contributed by atoms with E-state index in [-0.39, 0.29) is 11.5 Å². The van der Waals surface area contributed by atoms with Crippen LogP contribution in [0.3, 0.4) is 0 Å². The van der Waals surface area contributed by atoms with E-state index in [4.69, 9.17) is 16.2 Å². The number of nitrogens with one attached hydrogen (secondary N) is 2. The fourth-order valence-corrected chi connectivity index (χ4v) is 5.54. The number of anilines is 1. The van der Waals surface area contributed by atoms with Crippen LogP contribution in [0.15, 0.2) is 53.6 Å². The molecule has 2 heterocycles. The summed E-state index contributed by atoms with van der Waals surface area (Å²) in [6.07, 6.45) is 0.474. The van der Waals surface area contributed by atoms with Gasteiger partial charge in [0.2, 0.25) is 11.1 Å². The van der Waals surface area contributed by atoms with Crippen LogP contribution < -0.4 is 16.2 Å². The van der Waals surface area contributed by atoms with Gasteiger partial charge < -0.3 is 5.73 Å². The van der Waals surface area contributed by atoms with Crippen molar-refractivity contribution in [3.8, 4) is 0 Å². The quantitative estimate of drug-likeness (QED) is 0.265. The second-order valence-electron chi connectivity index (χ2n) is 7.30. The Labute approximate surface area is 198 Å². The maximum absolute atomic E-state index is 14.7. The molecule has 0 saturated heterocycles. The number of hydrogen-bond acceptors (Lipinski definition) is 8. The minimum Gasteiger partial charge on any atom is -0.369 e. The van der Waals surface area contributed by atoms with E-state index < -0.39 is 16.5 Å². The van der Waals surface area contributed by atoms with Crippen molar-refractivity contribution in [2.45, 2.75) is 18.2 Å².